The van der Waals surface area contributed by atoms with Gasteiger partial charge in [-0.05, 0) is 47.7 Å². The normalized spacial score (nSPS) is 12.5. The Morgan fingerprint density at radius 3 is 1.64 bits per heavy atom. The zero-order valence-electron chi connectivity index (χ0n) is 13.5. The molecule has 118 valence electrons. The van der Waals surface area contributed by atoms with Crippen molar-refractivity contribution in [1.82, 2.24) is 0 Å². The molecule has 2 N–H and O–H groups in total. The fourth-order valence-electron chi connectivity index (χ4n) is 3.10. The number of phenols is 2. The van der Waals surface area contributed by atoms with Crippen LogP contribution in [0.15, 0.2) is 48.5 Å². The molecule has 1 atom stereocenters. The van der Waals surface area contributed by atoms with E-state index in [9.17, 15) is 10.2 Å². The lowest BCUT2D eigenvalue weighted by molar-refractivity contribution is 0.445. The van der Waals surface area contributed by atoms with Crippen molar-refractivity contribution in [2.45, 2.75) is 45.4 Å². The fraction of sp³-hybridized carbons (Fsp3) is 0.400. The van der Waals surface area contributed by atoms with E-state index >= 15 is 0 Å². The molecular formula is C20H26O2. The van der Waals surface area contributed by atoms with Gasteiger partial charge in [0, 0.05) is 5.92 Å². The first-order chi connectivity index (χ1) is 10.6. The van der Waals surface area contributed by atoms with Crippen LogP contribution in [-0.2, 0) is 0 Å². The van der Waals surface area contributed by atoms with E-state index in [1.165, 1.54) is 36.8 Å². The monoisotopic (exact) mass is 298 g/mol. The Bertz CT molecular complexity index is 512. The summed E-state index contributed by atoms with van der Waals surface area (Å²) in [5.74, 6) is 1.40. The van der Waals surface area contributed by atoms with Crippen LogP contribution in [0.5, 0.6) is 11.5 Å². The van der Waals surface area contributed by atoms with Crippen molar-refractivity contribution < 1.29 is 10.2 Å². The van der Waals surface area contributed by atoms with Crippen LogP contribution in [-0.4, -0.2) is 10.2 Å². The van der Waals surface area contributed by atoms with Crippen LogP contribution in [0, 0.1) is 5.92 Å². The van der Waals surface area contributed by atoms with Crippen molar-refractivity contribution in [1.29, 1.82) is 0 Å². The Morgan fingerprint density at radius 2 is 1.23 bits per heavy atom. The SMILES string of the molecule is CCCCCC(C)C(c1ccc(O)cc1)c1ccc(O)cc1. The summed E-state index contributed by atoms with van der Waals surface area (Å²) in [5.41, 5.74) is 2.43. The second-order valence-corrected chi connectivity index (χ2v) is 6.13. The molecule has 0 aliphatic heterocycles. The highest BCUT2D eigenvalue weighted by Gasteiger charge is 2.21. The Kier molecular flexibility index (Phi) is 5.88. The molecule has 0 fully saturated rings. The fourth-order valence-corrected chi connectivity index (χ4v) is 3.10. The van der Waals surface area contributed by atoms with Gasteiger partial charge >= 0.3 is 0 Å². The molecule has 0 saturated heterocycles. The number of phenolic OH excluding ortho intramolecular Hbond substituents is 2. The average Bonchev–Trinajstić information content (AvgIpc) is 2.52. The lowest BCUT2D eigenvalue weighted by Crippen LogP contribution is -2.11. The lowest BCUT2D eigenvalue weighted by Gasteiger charge is -2.25. The molecule has 2 rings (SSSR count). The van der Waals surface area contributed by atoms with Gasteiger partial charge in [0.25, 0.3) is 0 Å². The standard InChI is InChI=1S/C20H26O2/c1-3-4-5-6-15(2)20(16-7-11-18(21)12-8-16)17-9-13-19(22)14-10-17/h7-15,20-22H,3-6H2,1-2H3. The van der Waals surface area contributed by atoms with E-state index in [1.54, 1.807) is 24.3 Å². The van der Waals surface area contributed by atoms with Crippen LogP contribution in [0.4, 0.5) is 0 Å². The molecular weight excluding hydrogens is 272 g/mol. The predicted octanol–water partition coefficient (Wildman–Crippen LogP) is 5.45. The molecule has 0 spiro atoms. The van der Waals surface area contributed by atoms with Gasteiger partial charge in [-0.2, -0.15) is 0 Å². The van der Waals surface area contributed by atoms with Crippen molar-refractivity contribution in [2.24, 2.45) is 5.92 Å². The molecule has 0 amide bonds. The molecule has 2 aromatic carbocycles. The lowest BCUT2D eigenvalue weighted by atomic mass is 9.79. The molecule has 0 saturated carbocycles. The summed E-state index contributed by atoms with van der Waals surface area (Å²) in [7, 11) is 0. The highest BCUT2D eigenvalue weighted by Crippen LogP contribution is 2.36. The number of aromatic hydroxyl groups is 2. The smallest absolute Gasteiger partial charge is 0.115 e. The Hall–Kier alpha value is -1.96. The summed E-state index contributed by atoms with van der Waals surface area (Å²) in [6, 6.07) is 15.0. The molecule has 0 radical (unpaired) electrons. The van der Waals surface area contributed by atoms with Gasteiger partial charge in [-0.25, -0.2) is 0 Å². The number of unbranched alkanes of at least 4 members (excludes halogenated alkanes) is 2. The molecule has 2 aromatic rings. The molecule has 0 aromatic heterocycles. The van der Waals surface area contributed by atoms with E-state index in [0.29, 0.717) is 17.4 Å². The average molecular weight is 298 g/mol. The number of benzene rings is 2. The second-order valence-electron chi connectivity index (χ2n) is 6.13. The first-order valence-corrected chi connectivity index (χ1v) is 8.19. The third kappa shape index (κ3) is 4.27. The predicted molar refractivity (Wildman–Crippen MR) is 91.4 cm³/mol. The Morgan fingerprint density at radius 1 is 0.773 bits per heavy atom. The first kappa shape index (κ1) is 16.4. The zero-order valence-corrected chi connectivity index (χ0v) is 13.5. The van der Waals surface area contributed by atoms with E-state index in [1.807, 2.05) is 24.3 Å². The van der Waals surface area contributed by atoms with Crippen molar-refractivity contribution in [3.8, 4) is 11.5 Å². The van der Waals surface area contributed by atoms with Crippen molar-refractivity contribution in [3.05, 3.63) is 59.7 Å². The van der Waals surface area contributed by atoms with E-state index in [4.69, 9.17) is 0 Å². The largest absolute Gasteiger partial charge is 0.508 e. The highest BCUT2D eigenvalue weighted by atomic mass is 16.3. The van der Waals surface area contributed by atoms with Gasteiger partial charge in [0.15, 0.2) is 0 Å². The zero-order chi connectivity index (χ0) is 15.9. The van der Waals surface area contributed by atoms with Gasteiger partial charge in [-0.3, -0.25) is 0 Å². The minimum Gasteiger partial charge on any atom is -0.508 e. The van der Waals surface area contributed by atoms with E-state index in [2.05, 4.69) is 13.8 Å². The highest BCUT2D eigenvalue weighted by molar-refractivity contribution is 5.38. The van der Waals surface area contributed by atoms with Crippen LogP contribution >= 0.6 is 0 Å². The van der Waals surface area contributed by atoms with Crippen LogP contribution < -0.4 is 0 Å². The summed E-state index contributed by atoms with van der Waals surface area (Å²) >= 11 is 0. The van der Waals surface area contributed by atoms with Gasteiger partial charge in [-0.15, -0.1) is 0 Å². The van der Waals surface area contributed by atoms with Gasteiger partial charge < -0.3 is 10.2 Å². The van der Waals surface area contributed by atoms with Crippen molar-refractivity contribution in [3.63, 3.8) is 0 Å². The van der Waals surface area contributed by atoms with Gasteiger partial charge in [0.05, 0.1) is 0 Å². The first-order valence-electron chi connectivity index (χ1n) is 8.19. The molecule has 0 bridgehead atoms. The van der Waals surface area contributed by atoms with Crippen LogP contribution in [0.3, 0.4) is 0 Å². The minimum atomic E-state index is 0.290. The van der Waals surface area contributed by atoms with Gasteiger partial charge in [0.1, 0.15) is 11.5 Å². The number of rotatable bonds is 7. The molecule has 2 heteroatoms. The number of hydrogen-bond donors (Lipinski definition) is 2. The quantitative estimate of drug-likeness (QED) is 0.668. The summed E-state index contributed by atoms with van der Waals surface area (Å²) in [5, 5.41) is 19.0. The van der Waals surface area contributed by atoms with E-state index in [-0.39, 0.29) is 5.92 Å². The van der Waals surface area contributed by atoms with E-state index < -0.39 is 0 Å². The topological polar surface area (TPSA) is 40.5 Å². The molecule has 0 aliphatic rings. The Labute approximate surface area is 133 Å². The maximum Gasteiger partial charge on any atom is 0.115 e. The second kappa shape index (κ2) is 7.88. The van der Waals surface area contributed by atoms with Crippen LogP contribution in [0.1, 0.15) is 56.6 Å². The van der Waals surface area contributed by atoms with Crippen molar-refractivity contribution >= 4 is 0 Å². The molecule has 0 aliphatic carbocycles. The van der Waals surface area contributed by atoms with Crippen LogP contribution in [0.25, 0.3) is 0 Å². The maximum atomic E-state index is 9.52. The third-order valence-corrected chi connectivity index (χ3v) is 4.34. The van der Waals surface area contributed by atoms with Crippen molar-refractivity contribution in [2.75, 3.05) is 0 Å². The summed E-state index contributed by atoms with van der Waals surface area (Å²) in [6.07, 6.45) is 4.92. The summed E-state index contributed by atoms with van der Waals surface area (Å²) in [4.78, 5) is 0. The van der Waals surface area contributed by atoms with Gasteiger partial charge in [-0.1, -0.05) is 57.4 Å². The summed E-state index contributed by atoms with van der Waals surface area (Å²) in [6.45, 7) is 4.52. The molecule has 2 nitrogen and oxygen atoms in total. The Balaban J connectivity index is 2.27. The third-order valence-electron chi connectivity index (χ3n) is 4.34. The molecule has 1 unspecified atom stereocenters. The summed E-state index contributed by atoms with van der Waals surface area (Å²) < 4.78 is 0. The maximum absolute atomic E-state index is 9.52. The number of hydrogen-bond acceptors (Lipinski definition) is 2. The van der Waals surface area contributed by atoms with E-state index in [0.717, 1.165) is 0 Å². The molecule has 22 heavy (non-hydrogen) atoms. The van der Waals surface area contributed by atoms with Crippen LogP contribution in [0.2, 0.25) is 0 Å². The molecule has 0 heterocycles. The van der Waals surface area contributed by atoms with Gasteiger partial charge in [0.2, 0.25) is 0 Å². The minimum absolute atomic E-state index is 0.290.